The monoisotopic (exact) mass is 276 g/mol. The third-order valence-electron chi connectivity index (χ3n) is 3.74. The number of nitrogens with zero attached hydrogens (tertiary/aromatic N) is 1. The number of anilines is 1. The van der Waals surface area contributed by atoms with Crippen LogP contribution in [-0.4, -0.2) is 36.5 Å². The highest BCUT2D eigenvalue weighted by atomic mass is 16.5. The van der Waals surface area contributed by atoms with Gasteiger partial charge in [0.15, 0.2) is 0 Å². The lowest BCUT2D eigenvalue weighted by Crippen LogP contribution is -2.44. The van der Waals surface area contributed by atoms with Gasteiger partial charge in [0.25, 0.3) is 0 Å². The second-order valence-electron chi connectivity index (χ2n) is 5.21. The quantitative estimate of drug-likeness (QED) is 0.899. The highest BCUT2D eigenvalue weighted by Gasteiger charge is 2.22. The van der Waals surface area contributed by atoms with Crippen molar-refractivity contribution in [1.82, 2.24) is 4.90 Å². The summed E-state index contributed by atoms with van der Waals surface area (Å²) in [4.78, 5) is 14.3. The molecule has 0 bridgehead atoms. The maximum Gasteiger partial charge on any atom is 0.242 e. The molecule has 1 fully saturated rings. The number of hydrogen-bond donors (Lipinski definition) is 1. The van der Waals surface area contributed by atoms with Crippen molar-refractivity contribution in [2.24, 2.45) is 0 Å². The van der Waals surface area contributed by atoms with Gasteiger partial charge in [-0.05, 0) is 45.2 Å². The number of hydrogen-bond acceptors (Lipinski definition) is 3. The van der Waals surface area contributed by atoms with Gasteiger partial charge in [-0.2, -0.15) is 0 Å². The molecule has 1 aliphatic heterocycles. The number of para-hydroxylation sites is 2. The average Bonchev–Trinajstić information content (AvgIpc) is 2.47. The molecule has 4 nitrogen and oxygen atoms in total. The summed E-state index contributed by atoms with van der Waals surface area (Å²) in [6, 6.07) is 8.10. The summed E-state index contributed by atoms with van der Waals surface area (Å²) in [5, 5.41) is 3.20. The van der Waals surface area contributed by atoms with Gasteiger partial charge in [0.2, 0.25) is 5.91 Å². The molecule has 1 amide bonds. The number of ether oxygens (including phenoxy) is 1. The summed E-state index contributed by atoms with van der Waals surface area (Å²) in [5.41, 5.74) is 0.882. The molecule has 0 saturated carbocycles. The van der Waals surface area contributed by atoms with E-state index in [9.17, 15) is 4.79 Å². The Hall–Kier alpha value is -1.71. The maximum absolute atomic E-state index is 12.3. The molecule has 1 atom stereocenters. The van der Waals surface area contributed by atoms with E-state index in [1.165, 1.54) is 6.42 Å². The van der Waals surface area contributed by atoms with Crippen LogP contribution in [0.5, 0.6) is 5.75 Å². The van der Waals surface area contributed by atoms with Crippen molar-refractivity contribution in [3.8, 4) is 5.75 Å². The molecule has 2 rings (SSSR count). The fourth-order valence-corrected chi connectivity index (χ4v) is 2.64. The van der Waals surface area contributed by atoms with Crippen molar-refractivity contribution in [2.75, 3.05) is 25.0 Å². The minimum Gasteiger partial charge on any atom is -0.492 e. The summed E-state index contributed by atoms with van der Waals surface area (Å²) >= 11 is 0. The summed E-state index contributed by atoms with van der Waals surface area (Å²) in [6.45, 7) is 5.92. The van der Waals surface area contributed by atoms with Crippen LogP contribution in [0.15, 0.2) is 24.3 Å². The van der Waals surface area contributed by atoms with Gasteiger partial charge in [-0.3, -0.25) is 4.79 Å². The number of carbonyl (C=O) groups is 1. The predicted molar refractivity (Wildman–Crippen MR) is 81.1 cm³/mol. The first-order valence-electron chi connectivity index (χ1n) is 7.47. The summed E-state index contributed by atoms with van der Waals surface area (Å²) in [5.74, 6) is 0.970. The van der Waals surface area contributed by atoms with Crippen LogP contribution in [0, 0.1) is 0 Å². The fourth-order valence-electron chi connectivity index (χ4n) is 2.64. The minimum atomic E-state index is 0.170. The van der Waals surface area contributed by atoms with Gasteiger partial charge >= 0.3 is 0 Å². The minimum absolute atomic E-state index is 0.170. The molecule has 0 radical (unpaired) electrons. The number of benzene rings is 1. The zero-order valence-electron chi connectivity index (χ0n) is 12.4. The van der Waals surface area contributed by atoms with Crippen LogP contribution >= 0.6 is 0 Å². The van der Waals surface area contributed by atoms with Crippen LogP contribution in [0.25, 0.3) is 0 Å². The lowest BCUT2D eigenvalue weighted by Gasteiger charge is -2.33. The Labute approximate surface area is 121 Å². The standard InChI is InChI=1S/C16H24N2O2/c1-3-20-15-10-5-4-9-14(15)17-12-16(19)18-11-7-6-8-13(18)2/h4-5,9-10,13,17H,3,6-8,11-12H2,1-2H3. The third kappa shape index (κ3) is 3.65. The number of likely N-dealkylation sites (tertiary alicyclic amines) is 1. The Morgan fingerprint density at radius 1 is 1.40 bits per heavy atom. The van der Waals surface area contributed by atoms with Gasteiger partial charge in [-0.25, -0.2) is 0 Å². The largest absolute Gasteiger partial charge is 0.492 e. The van der Waals surface area contributed by atoms with Crippen molar-refractivity contribution in [3.05, 3.63) is 24.3 Å². The number of carbonyl (C=O) groups excluding carboxylic acids is 1. The molecule has 1 aromatic carbocycles. The van der Waals surface area contributed by atoms with Crippen molar-refractivity contribution >= 4 is 11.6 Å². The van der Waals surface area contributed by atoms with E-state index >= 15 is 0 Å². The Morgan fingerprint density at radius 3 is 2.95 bits per heavy atom. The normalized spacial score (nSPS) is 18.7. The van der Waals surface area contributed by atoms with Crippen LogP contribution in [0.3, 0.4) is 0 Å². The Balaban J connectivity index is 1.92. The van der Waals surface area contributed by atoms with E-state index in [1.807, 2.05) is 36.1 Å². The van der Waals surface area contributed by atoms with Gasteiger partial charge in [-0.15, -0.1) is 0 Å². The SMILES string of the molecule is CCOc1ccccc1NCC(=O)N1CCCCC1C. The molecule has 1 unspecified atom stereocenters. The van der Waals surface area contributed by atoms with Crippen molar-refractivity contribution in [2.45, 2.75) is 39.2 Å². The number of nitrogens with one attached hydrogen (secondary N) is 1. The molecule has 20 heavy (non-hydrogen) atoms. The lowest BCUT2D eigenvalue weighted by atomic mass is 10.0. The second kappa shape index (κ2) is 7.17. The van der Waals surface area contributed by atoms with Crippen LogP contribution in [0.4, 0.5) is 5.69 Å². The number of piperidine rings is 1. The molecular formula is C16H24N2O2. The first-order chi connectivity index (χ1) is 9.72. The fraction of sp³-hybridized carbons (Fsp3) is 0.562. The Kier molecular flexibility index (Phi) is 5.27. The van der Waals surface area contributed by atoms with Crippen molar-refractivity contribution in [3.63, 3.8) is 0 Å². The molecule has 1 saturated heterocycles. The zero-order valence-corrected chi connectivity index (χ0v) is 12.4. The van der Waals surface area contributed by atoms with E-state index < -0.39 is 0 Å². The predicted octanol–water partition coefficient (Wildman–Crippen LogP) is 2.90. The molecule has 1 aromatic rings. The molecule has 0 spiro atoms. The van der Waals surface area contributed by atoms with Gasteiger partial charge in [0.1, 0.15) is 5.75 Å². The third-order valence-corrected chi connectivity index (χ3v) is 3.74. The summed E-state index contributed by atoms with van der Waals surface area (Å²) in [7, 11) is 0. The number of amides is 1. The summed E-state index contributed by atoms with van der Waals surface area (Å²) < 4.78 is 5.55. The van der Waals surface area contributed by atoms with E-state index in [-0.39, 0.29) is 5.91 Å². The smallest absolute Gasteiger partial charge is 0.242 e. The van der Waals surface area contributed by atoms with Crippen LogP contribution < -0.4 is 10.1 Å². The van der Waals surface area contributed by atoms with Crippen LogP contribution in [0.1, 0.15) is 33.1 Å². The van der Waals surface area contributed by atoms with Crippen LogP contribution in [-0.2, 0) is 4.79 Å². The van der Waals surface area contributed by atoms with Gasteiger partial charge in [-0.1, -0.05) is 12.1 Å². The molecule has 1 N–H and O–H groups in total. The number of rotatable bonds is 5. The zero-order chi connectivity index (χ0) is 14.4. The molecule has 0 aromatic heterocycles. The topological polar surface area (TPSA) is 41.6 Å². The first kappa shape index (κ1) is 14.7. The van der Waals surface area contributed by atoms with E-state index in [0.717, 1.165) is 30.8 Å². The molecular weight excluding hydrogens is 252 g/mol. The van der Waals surface area contributed by atoms with E-state index in [0.29, 0.717) is 19.2 Å². The molecule has 1 heterocycles. The molecule has 4 heteroatoms. The first-order valence-corrected chi connectivity index (χ1v) is 7.47. The van der Waals surface area contributed by atoms with Crippen LogP contribution in [0.2, 0.25) is 0 Å². The van der Waals surface area contributed by atoms with E-state index in [1.54, 1.807) is 0 Å². The Bertz CT molecular complexity index is 448. The maximum atomic E-state index is 12.3. The van der Waals surface area contributed by atoms with Gasteiger partial charge in [0, 0.05) is 12.6 Å². The highest BCUT2D eigenvalue weighted by Crippen LogP contribution is 2.23. The summed E-state index contributed by atoms with van der Waals surface area (Å²) in [6.07, 6.45) is 3.46. The lowest BCUT2D eigenvalue weighted by molar-refractivity contribution is -0.132. The molecule has 110 valence electrons. The van der Waals surface area contributed by atoms with E-state index in [2.05, 4.69) is 12.2 Å². The molecule has 0 aliphatic carbocycles. The molecule has 1 aliphatic rings. The van der Waals surface area contributed by atoms with E-state index in [4.69, 9.17) is 4.74 Å². The second-order valence-corrected chi connectivity index (χ2v) is 5.21. The average molecular weight is 276 g/mol. The van der Waals surface area contributed by atoms with Gasteiger partial charge in [0.05, 0.1) is 18.8 Å². The highest BCUT2D eigenvalue weighted by molar-refractivity contribution is 5.81. The van der Waals surface area contributed by atoms with Crippen molar-refractivity contribution < 1.29 is 9.53 Å². The van der Waals surface area contributed by atoms with Crippen molar-refractivity contribution in [1.29, 1.82) is 0 Å². The Morgan fingerprint density at radius 2 is 2.20 bits per heavy atom. The van der Waals surface area contributed by atoms with Gasteiger partial charge < -0.3 is 15.0 Å².